The Bertz CT molecular complexity index is 551. The molecule has 0 atom stereocenters. The normalized spacial score (nSPS) is 17.2. The SMILES string of the molecule is Cc1cc(S(=O)(=O)NCCCN2CCOCC2)sc1CN. The molecule has 6 nitrogen and oxygen atoms in total. The Hall–Kier alpha value is -0.510. The highest BCUT2D eigenvalue weighted by atomic mass is 32.2. The van der Waals surface area contributed by atoms with E-state index in [0.29, 0.717) is 17.3 Å². The maximum absolute atomic E-state index is 12.2. The van der Waals surface area contributed by atoms with Gasteiger partial charge in [0.25, 0.3) is 0 Å². The van der Waals surface area contributed by atoms with E-state index in [2.05, 4.69) is 9.62 Å². The predicted octanol–water partition coefficient (Wildman–Crippen LogP) is 0.516. The van der Waals surface area contributed by atoms with Crippen molar-refractivity contribution in [2.24, 2.45) is 5.73 Å². The fourth-order valence-corrected chi connectivity index (χ4v) is 4.82. The minimum Gasteiger partial charge on any atom is -0.379 e. The predicted molar refractivity (Wildman–Crippen MR) is 84.0 cm³/mol. The van der Waals surface area contributed by atoms with Gasteiger partial charge in [-0.2, -0.15) is 0 Å². The quantitative estimate of drug-likeness (QED) is 0.711. The molecule has 0 amide bonds. The van der Waals surface area contributed by atoms with Gasteiger partial charge in [-0.05, 0) is 31.5 Å². The van der Waals surface area contributed by atoms with E-state index in [1.165, 1.54) is 11.3 Å². The average molecular weight is 333 g/mol. The van der Waals surface area contributed by atoms with E-state index in [1.54, 1.807) is 6.07 Å². The van der Waals surface area contributed by atoms with Gasteiger partial charge in [0.2, 0.25) is 10.0 Å². The van der Waals surface area contributed by atoms with E-state index in [4.69, 9.17) is 10.5 Å². The van der Waals surface area contributed by atoms with E-state index < -0.39 is 10.0 Å². The standard InChI is InChI=1S/C13H23N3O3S2/c1-11-9-13(20-12(11)10-14)21(17,18)15-3-2-4-16-5-7-19-8-6-16/h9,15H,2-8,10,14H2,1H3. The third kappa shape index (κ3) is 4.73. The second-order valence-electron chi connectivity index (χ2n) is 5.08. The Morgan fingerprint density at radius 2 is 2.14 bits per heavy atom. The first-order valence-corrected chi connectivity index (χ1v) is 9.42. The number of hydrogen-bond donors (Lipinski definition) is 2. The van der Waals surface area contributed by atoms with Crippen LogP contribution in [0.2, 0.25) is 0 Å². The zero-order valence-corrected chi connectivity index (χ0v) is 13.9. The number of nitrogens with two attached hydrogens (primary N) is 1. The molecule has 3 N–H and O–H groups in total. The number of nitrogens with one attached hydrogen (secondary N) is 1. The first kappa shape index (κ1) is 16.9. The van der Waals surface area contributed by atoms with Gasteiger partial charge in [-0.3, -0.25) is 4.90 Å². The summed E-state index contributed by atoms with van der Waals surface area (Å²) in [6.07, 6.45) is 0.799. The number of morpholine rings is 1. The van der Waals surface area contributed by atoms with Crippen LogP contribution in [-0.2, 0) is 21.3 Å². The number of thiophene rings is 1. The van der Waals surface area contributed by atoms with Crippen LogP contribution in [0.4, 0.5) is 0 Å². The van der Waals surface area contributed by atoms with Crippen molar-refractivity contribution >= 4 is 21.4 Å². The number of nitrogens with zero attached hydrogens (tertiary/aromatic N) is 1. The van der Waals surface area contributed by atoms with Crippen LogP contribution in [-0.4, -0.2) is 52.7 Å². The van der Waals surface area contributed by atoms with Gasteiger partial charge in [0.1, 0.15) is 4.21 Å². The number of rotatable bonds is 7. The molecule has 8 heteroatoms. The van der Waals surface area contributed by atoms with Crippen LogP contribution in [0.3, 0.4) is 0 Å². The maximum atomic E-state index is 12.2. The van der Waals surface area contributed by atoms with Gasteiger partial charge >= 0.3 is 0 Å². The lowest BCUT2D eigenvalue weighted by Gasteiger charge is -2.26. The Balaban J connectivity index is 1.80. The maximum Gasteiger partial charge on any atom is 0.250 e. The summed E-state index contributed by atoms with van der Waals surface area (Å²) in [7, 11) is -3.41. The third-order valence-electron chi connectivity index (χ3n) is 3.50. The Morgan fingerprint density at radius 1 is 1.43 bits per heavy atom. The molecule has 1 saturated heterocycles. The van der Waals surface area contributed by atoms with E-state index in [9.17, 15) is 8.42 Å². The summed E-state index contributed by atoms with van der Waals surface area (Å²) in [6.45, 7) is 6.99. The molecule has 0 unspecified atom stereocenters. The molecule has 2 heterocycles. The van der Waals surface area contributed by atoms with E-state index >= 15 is 0 Å². The molecule has 0 radical (unpaired) electrons. The van der Waals surface area contributed by atoms with Gasteiger partial charge in [0.05, 0.1) is 13.2 Å². The second-order valence-corrected chi connectivity index (χ2v) is 8.21. The summed E-state index contributed by atoms with van der Waals surface area (Å²) in [5.41, 5.74) is 6.53. The van der Waals surface area contributed by atoms with Crippen LogP contribution in [0.5, 0.6) is 0 Å². The zero-order valence-electron chi connectivity index (χ0n) is 12.3. The van der Waals surface area contributed by atoms with Crippen molar-refractivity contribution in [3.05, 3.63) is 16.5 Å². The average Bonchev–Trinajstić information content (AvgIpc) is 2.87. The van der Waals surface area contributed by atoms with E-state index in [0.717, 1.165) is 49.7 Å². The highest BCUT2D eigenvalue weighted by Crippen LogP contribution is 2.25. The van der Waals surface area contributed by atoms with Gasteiger partial charge in [-0.25, -0.2) is 13.1 Å². The van der Waals surface area contributed by atoms with Crippen molar-refractivity contribution < 1.29 is 13.2 Å². The summed E-state index contributed by atoms with van der Waals surface area (Å²) in [4.78, 5) is 3.21. The molecule has 21 heavy (non-hydrogen) atoms. The van der Waals surface area contributed by atoms with Gasteiger partial charge in [0.15, 0.2) is 0 Å². The molecule has 0 spiro atoms. The van der Waals surface area contributed by atoms with Crippen LogP contribution in [0, 0.1) is 6.92 Å². The Labute approximate surface area is 130 Å². The highest BCUT2D eigenvalue weighted by molar-refractivity contribution is 7.91. The lowest BCUT2D eigenvalue weighted by atomic mass is 10.3. The summed E-state index contributed by atoms with van der Waals surface area (Å²) < 4.78 is 32.7. The largest absolute Gasteiger partial charge is 0.379 e. The first-order valence-electron chi connectivity index (χ1n) is 7.12. The molecule has 1 aromatic heterocycles. The van der Waals surface area contributed by atoms with Crippen molar-refractivity contribution in [1.29, 1.82) is 0 Å². The molecule has 0 aliphatic carbocycles. The minimum absolute atomic E-state index is 0.354. The van der Waals surface area contributed by atoms with Gasteiger partial charge in [0, 0.05) is 31.1 Å². The van der Waals surface area contributed by atoms with Crippen molar-refractivity contribution in [2.45, 2.75) is 24.1 Å². The zero-order chi connectivity index (χ0) is 15.3. The van der Waals surface area contributed by atoms with Crippen LogP contribution >= 0.6 is 11.3 Å². The van der Waals surface area contributed by atoms with E-state index in [-0.39, 0.29) is 0 Å². The number of sulfonamides is 1. The lowest BCUT2D eigenvalue weighted by Crippen LogP contribution is -2.38. The fourth-order valence-electron chi connectivity index (χ4n) is 2.23. The Morgan fingerprint density at radius 3 is 2.76 bits per heavy atom. The van der Waals surface area contributed by atoms with Crippen molar-refractivity contribution in [2.75, 3.05) is 39.4 Å². The highest BCUT2D eigenvalue weighted by Gasteiger charge is 2.18. The molecular weight excluding hydrogens is 310 g/mol. The fraction of sp³-hybridized carbons (Fsp3) is 0.692. The molecule has 1 aliphatic rings. The third-order valence-corrected chi connectivity index (χ3v) is 6.69. The van der Waals surface area contributed by atoms with Crippen LogP contribution in [0.15, 0.2) is 10.3 Å². The summed E-state index contributed by atoms with van der Waals surface area (Å²) in [6, 6.07) is 1.69. The molecule has 0 aromatic carbocycles. The molecule has 120 valence electrons. The summed E-state index contributed by atoms with van der Waals surface area (Å²) >= 11 is 1.25. The summed E-state index contributed by atoms with van der Waals surface area (Å²) in [5.74, 6) is 0. The summed E-state index contributed by atoms with van der Waals surface area (Å²) in [5, 5.41) is 0. The Kier molecular flexibility index (Phi) is 6.15. The van der Waals surface area contributed by atoms with Gasteiger partial charge in [-0.15, -0.1) is 11.3 Å². The number of aryl methyl sites for hydroxylation is 1. The molecular formula is C13H23N3O3S2. The monoisotopic (exact) mass is 333 g/mol. The topological polar surface area (TPSA) is 84.7 Å². The van der Waals surface area contributed by atoms with Crippen molar-refractivity contribution in [3.8, 4) is 0 Å². The lowest BCUT2D eigenvalue weighted by molar-refractivity contribution is 0.0376. The van der Waals surface area contributed by atoms with Crippen molar-refractivity contribution in [3.63, 3.8) is 0 Å². The second kappa shape index (κ2) is 7.66. The van der Waals surface area contributed by atoms with Crippen LogP contribution in [0.25, 0.3) is 0 Å². The van der Waals surface area contributed by atoms with Crippen LogP contribution in [0.1, 0.15) is 16.9 Å². The number of hydrogen-bond acceptors (Lipinski definition) is 6. The van der Waals surface area contributed by atoms with Crippen molar-refractivity contribution in [1.82, 2.24) is 9.62 Å². The molecule has 1 aromatic rings. The van der Waals surface area contributed by atoms with Gasteiger partial charge < -0.3 is 10.5 Å². The smallest absolute Gasteiger partial charge is 0.250 e. The molecule has 0 bridgehead atoms. The minimum atomic E-state index is -3.41. The van der Waals surface area contributed by atoms with E-state index in [1.807, 2.05) is 6.92 Å². The van der Waals surface area contributed by atoms with Crippen LogP contribution < -0.4 is 10.5 Å². The molecule has 1 aliphatic heterocycles. The number of ether oxygens (including phenoxy) is 1. The molecule has 2 rings (SSSR count). The molecule has 1 fully saturated rings. The first-order chi connectivity index (χ1) is 10.0. The van der Waals surface area contributed by atoms with Gasteiger partial charge in [-0.1, -0.05) is 0 Å². The molecule has 0 saturated carbocycles.